The molecule has 0 radical (unpaired) electrons. The van der Waals surface area contributed by atoms with Crippen molar-refractivity contribution in [3.63, 3.8) is 0 Å². The molecule has 2 aliphatic rings. The Balaban J connectivity index is 1.93. The smallest absolute Gasteiger partial charge is 0.268 e. The number of halogens is 1. The fourth-order valence-electron chi connectivity index (χ4n) is 4.07. The Hall–Kier alpha value is -1.89. The van der Waals surface area contributed by atoms with E-state index in [1.807, 2.05) is 25.5 Å². The van der Waals surface area contributed by atoms with Crippen molar-refractivity contribution in [2.75, 3.05) is 7.05 Å². The van der Waals surface area contributed by atoms with Crippen molar-refractivity contribution in [1.29, 1.82) is 0 Å². The van der Waals surface area contributed by atoms with Crippen LogP contribution in [0.2, 0.25) is 5.02 Å². The van der Waals surface area contributed by atoms with Gasteiger partial charge in [0.25, 0.3) is 10.0 Å². The second-order valence-electron chi connectivity index (χ2n) is 6.97. The third-order valence-electron chi connectivity index (χ3n) is 5.38. The molecule has 1 aromatic carbocycles. The molecule has 2 heterocycles. The lowest BCUT2D eigenvalue weighted by molar-refractivity contribution is -0.289. The Kier molecular flexibility index (Phi) is 4.97. The first kappa shape index (κ1) is 18.5. The molecule has 1 aliphatic heterocycles. The van der Waals surface area contributed by atoms with E-state index in [-0.39, 0.29) is 16.9 Å². The summed E-state index contributed by atoms with van der Waals surface area (Å²) in [5.41, 5.74) is 3.11. The number of hydrogen-bond donors (Lipinski definition) is 1. The van der Waals surface area contributed by atoms with Gasteiger partial charge < -0.3 is 5.32 Å². The quantitative estimate of drug-likeness (QED) is 0.851. The lowest BCUT2D eigenvalue weighted by Crippen LogP contribution is -2.21. The molecular weight excluding hydrogens is 382 g/mol. The van der Waals surface area contributed by atoms with Crippen molar-refractivity contribution < 1.29 is 20.0 Å². The van der Waals surface area contributed by atoms with Crippen molar-refractivity contribution in [2.24, 2.45) is 4.99 Å². The van der Waals surface area contributed by atoms with Gasteiger partial charge in [0, 0.05) is 48.4 Å². The fraction of sp³-hybridized carbons (Fsp3) is 0.350. The minimum atomic E-state index is -3.72. The van der Waals surface area contributed by atoms with E-state index in [0.717, 1.165) is 36.1 Å². The SMILES string of the molecule is CNC1CCCc2c1cn(S(=O)(=O)c1cccc([ClH+])c1)c2C1C=CN=CC1. The van der Waals surface area contributed by atoms with Gasteiger partial charge in [-0.3, -0.25) is 4.99 Å². The normalized spacial score (nSPS) is 22.0. The molecule has 0 saturated carbocycles. The van der Waals surface area contributed by atoms with E-state index in [1.165, 1.54) is 3.97 Å². The largest absolute Gasteiger partial charge is 0.313 e. The summed E-state index contributed by atoms with van der Waals surface area (Å²) in [6.45, 7) is 0. The number of benzene rings is 1. The lowest BCUT2D eigenvalue weighted by Gasteiger charge is -2.24. The zero-order valence-corrected chi connectivity index (χ0v) is 16.8. The predicted octanol–water partition coefficient (Wildman–Crippen LogP) is 3.09. The minimum Gasteiger partial charge on any atom is -0.313 e. The van der Waals surface area contributed by atoms with Gasteiger partial charge in [0.1, 0.15) is 0 Å². The van der Waals surface area contributed by atoms with Gasteiger partial charge in [-0.2, -0.15) is 0 Å². The highest BCUT2D eigenvalue weighted by Crippen LogP contribution is 2.39. The van der Waals surface area contributed by atoms with Gasteiger partial charge in [0.05, 0.1) is 4.90 Å². The molecule has 0 spiro atoms. The standard InChI is InChI=1S/C20H23ClN3O2S/c1-22-19-7-3-6-17-18(19)13-24(20(17)14-8-10-23-11-9-14)27(25,26)16-5-2-4-15(21)12-16/h2,4-5,8,10-14,19,21-22H,3,6-7,9H2,1H3/q+1. The highest BCUT2D eigenvalue weighted by atomic mass is 35.5. The molecule has 0 amide bonds. The van der Waals surface area contributed by atoms with Gasteiger partial charge in [0.2, 0.25) is 5.02 Å². The molecule has 5 nitrogen and oxygen atoms in total. The summed E-state index contributed by atoms with van der Waals surface area (Å²) in [5, 5.41) is 3.86. The average molecular weight is 405 g/mol. The Morgan fingerprint density at radius 3 is 2.89 bits per heavy atom. The molecule has 0 bridgehead atoms. The topological polar surface area (TPSA) is 63.5 Å². The number of aromatic nitrogens is 1. The second kappa shape index (κ2) is 7.26. The number of hydrogen-bond acceptors (Lipinski definition) is 4. The molecule has 2 unspecified atom stereocenters. The molecule has 2 aromatic rings. The summed E-state index contributed by atoms with van der Waals surface area (Å²) in [4.78, 5) is 4.39. The van der Waals surface area contributed by atoms with Crippen molar-refractivity contribution in [1.82, 2.24) is 9.29 Å². The zero-order chi connectivity index (χ0) is 19.0. The maximum Gasteiger partial charge on any atom is 0.268 e. The number of nitrogens with one attached hydrogen (secondary N) is 1. The van der Waals surface area contributed by atoms with Crippen LogP contribution in [0.1, 0.15) is 48.0 Å². The van der Waals surface area contributed by atoms with Crippen LogP contribution in [0, 0.1) is 11.6 Å². The minimum absolute atomic E-state index is 0.00307. The van der Waals surface area contributed by atoms with Gasteiger partial charge >= 0.3 is 0 Å². The van der Waals surface area contributed by atoms with E-state index >= 15 is 0 Å². The van der Waals surface area contributed by atoms with Crippen molar-refractivity contribution in [3.8, 4) is 0 Å². The number of rotatable bonds is 4. The molecule has 142 valence electrons. The summed E-state index contributed by atoms with van der Waals surface area (Å²) in [7, 11) is -1.79. The molecule has 1 N–H and O–H groups in total. The van der Waals surface area contributed by atoms with Gasteiger partial charge in [-0.1, -0.05) is 12.1 Å². The summed E-state index contributed by atoms with van der Waals surface area (Å²) in [6.07, 6.45) is 11.1. The van der Waals surface area contributed by atoms with Crippen molar-refractivity contribution in [3.05, 3.63) is 64.6 Å². The van der Waals surface area contributed by atoms with Gasteiger partial charge in [-0.15, -0.1) is 0 Å². The number of allylic oxidation sites excluding steroid dienone is 1. The number of nitrogens with zero attached hydrogens (tertiary/aromatic N) is 2. The van der Waals surface area contributed by atoms with Crippen LogP contribution in [-0.4, -0.2) is 25.7 Å². The van der Waals surface area contributed by atoms with Gasteiger partial charge in [-0.25, -0.2) is 12.4 Å². The fourth-order valence-corrected chi connectivity index (χ4v) is 5.86. The predicted molar refractivity (Wildman–Crippen MR) is 104 cm³/mol. The average Bonchev–Trinajstić information content (AvgIpc) is 3.09. The first-order chi connectivity index (χ1) is 13.0. The Bertz CT molecular complexity index is 1020. The summed E-state index contributed by atoms with van der Waals surface area (Å²) in [5.74, 6) is 0.00307. The molecule has 27 heavy (non-hydrogen) atoms. The van der Waals surface area contributed by atoms with Crippen LogP contribution < -0.4 is 5.32 Å². The Labute approximate surface area is 164 Å². The van der Waals surface area contributed by atoms with Crippen LogP contribution in [-0.2, 0) is 16.4 Å². The zero-order valence-electron chi connectivity index (χ0n) is 15.1. The third kappa shape index (κ3) is 3.26. The number of aliphatic imine (C=N–C) groups is 1. The first-order valence-corrected chi connectivity index (χ1v) is 11.0. The van der Waals surface area contributed by atoms with Crippen molar-refractivity contribution >= 4 is 16.2 Å². The third-order valence-corrected chi connectivity index (χ3v) is 7.30. The van der Waals surface area contributed by atoms with E-state index in [2.05, 4.69) is 10.3 Å². The molecule has 0 saturated heterocycles. The van der Waals surface area contributed by atoms with Crippen LogP contribution in [0.25, 0.3) is 0 Å². The van der Waals surface area contributed by atoms with Crippen LogP contribution in [0.15, 0.2) is 52.6 Å². The van der Waals surface area contributed by atoms with Crippen LogP contribution >= 0.6 is 0 Å². The number of fused-ring (bicyclic) bond motifs is 1. The van der Waals surface area contributed by atoms with E-state index in [0.29, 0.717) is 11.4 Å². The molecular formula is C20H23ClN3O2S+. The molecule has 7 heteroatoms. The highest BCUT2D eigenvalue weighted by Gasteiger charge is 2.33. The van der Waals surface area contributed by atoms with Crippen LogP contribution in [0.5, 0.6) is 0 Å². The monoisotopic (exact) mass is 404 g/mol. The van der Waals surface area contributed by atoms with E-state index in [9.17, 15) is 8.42 Å². The lowest BCUT2D eigenvalue weighted by atomic mass is 9.86. The van der Waals surface area contributed by atoms with E-state index in [4.69, 9.17) is 11.6 Å². The van der Waals surface area contributed by atoms with Crippen LogP contribution in [0.3, 0.4) is 0 Å². The molecule has 1 aromatic heterocycles. The maximum atomic E-state index is 13.5. The molecule has 2 atom stereocenters. The maximum absolute atomic E-state index is 13.5. The molecule has 1 aliphatic carbocycles. The Morgan fingerprint density at radius 1 is 1.33 bits per heavy atom. The van der Waals surface area contributed by atoms with Gasteiger partial charge in [-0.05, 0) is 49.9 Å². The summed E-state index contributed by atoms with van der Waals surface area (Å²) in [6, 6.07) is 6.77. The van der Waals surface area contributed by atoms with Crippen molar-refractivity contribution in [2.45, 2.75) is 42.5 Å². The molecule has 0 fully saturated rings. The van der Waals surface area contributed by atoms with E-state index in [1.54, 1.807) is 30.5 Å². The van der Waals surface area contributed by atoms with Gasteiger partial charge in [0.15, 0.2) is 11.6 Å². The molecule has 4 rings (SSSR count). The summed E-state index contributed by atoms with van der Waals surface area (Å²) < 4.78 is 28.5. The first-order valence-electron chi connectivity index (χ1n) is 9.14. The van der Waals surface area contributed by atoms with E-state index < -0.39 is 10.0 Å². The highest BCUT2D eigenvalue weighted by molar-refractivity contribution is 7.90. The van der Waals surface area contributed by atoms with Crippen LogP contribution in [0.4, 0.5) is 0 Å². The Morgan fingerprint density at radius 2 is 2.19 bits per heavy atom. The second-order valence-corrected chi connectivity index (χ2v) is 9.26. The summed E-state index contributed by atoms with van der Waals surface area (Å²) >= 11 is 5.19.